The summed E-state index contributed by atoms with van der Waals surface area (Å²) in [6.45, 7) is 0. The number of nitrogens with one attached hydrogen (secondary N) is 1. The van der Waals surface area contributed by atoms with E-state index in [2.05, 4.69) is 5.32 Å². The SMILES string of the molecule is N#CCC(=O)Nc1ccc(Sc2ccccc2)c(C(=O)O)c1. The van der Waals surface area contributed by atoms with Gasteiger partial charge >= 0.3 is 5.97 Å². The maximum absolute atomic E-state index is 11.4. The number of hydrogen-bond donors (Lipinski definition) is 2. The van der Waals surface area contributed by atoms with Crippen LogP contribution in [0.3, 0.4) is 0 Å². The third kappa shape index (κ3) is 4.11. The predicted octanol–water partition coefficient (Wildman–Crippen LogP) is 3.39. The zero-order valence-electron chi connectivity index (χ0n) is 11.4. The summed E-state index contributed by atoms with van der Waals surface area (Å²) in [7, 11) is 0. The molecule has 2 aromatic rings. The van der Waals surface area contributed by atoms with Gasteiger partial charge in [0.15, 0.2) is 0 Å². The minimum atomic E-state index is -1.07. The third-order valence-corrected chi connectivity index (χ3v) is 3.79. The van der Waals surface area contributed by atoms with E-state index in [9.17, 15) is 14.7 Å². The second-order valence-electron chi connectivity index (χ2n) is 4.31. The van der Waals surface area contributed by atoms with Crippen molar-refractivity contribution in [2.45, 2.75) is 16.2 Å². The first-order chi connectivity index (χ1) is 10.6. The van der Waals surface area contributed by atoms with E-state index in [0.717, 1.165) is 4.90 Å². The highest BCUT2D eigenvalue weighted by atomic mass is 32.2. The van der Waals surface area contributed by atoms with Crippen molar-refractivity contribution in [2.24, 2.45) is 0 Å². The Kier molecular flexibility index (Phi) is 5.17. The van der Waals surface area contributed by atoms with Gasteiger partial charge in [0.1, 0.15) is 6.42 Å². The second-order valence-corrected chi connectivity index (χ2v) is 5.43. The number of nitrogens with zero attached hydrogens (tertiary/aromatic N) is 1. The molecule has 0 radical (unpaired) electrons. The Labute approximate surface area is 131 Å². The molecule has 0 spiro atoms. The van der Waals surface area contributed by atoms with Crippen LogP contribution in [-0.4, -0.2) is 17.0 Å². The Morgan fingerprint density at radius 3 is 2.55 bits per heavy atom. The van der Waals surface area contributed by atoms with Crippen LogP contribution in [0.15, 0.2) is 58.3 Å². The number of aromatic carboxylic acids is 1. The van der Waals surface area contributed by atoms with Gasteiger partial charge in [0.25, 0.3) is 0 Å². The van der Waals surface area contributed by atoms with Gasteiger partial charge in [-0.2, -0.15) is 5.26 Å². The van der Waals surface area contributed by atoms with Gasteiger partial charge in [-0.25, -0.2) is 4.79 Å². The van der Waals surface area contributed by atoms with E-state index in [0.29, 0.717) is 10.6 Å². The summed E-state index contributed by atoms with van der Waals surface area (Å²) < 4.78 is 0. The molecule has 0 aromatic heterocycles. The van der Waals surface area contributed by atoms with Crippen molar-refractivity contribution >= 4 is 29.3 Å². The van der Waals surface area contributed by atoms with E-state index in [1.165, 1.54) is 17.8 Å². The number of anilines is 1. The fraction of sp³-hybridized carbons (Fsp3) is 0.0625. The van der Waals surface area contributed by atoms with Crippen LogP contribution in [0.25, 0.3) is 0 Å². The summed E-state index contributed by atoms with van der Waals surface area (Å²) in [5.41, 5.74) is 0.457. The van der Waals surface area contributed by atoms with E-state index in [4.69, 9.17) is 5.26 Å². The molecule has 2 rings (SSSR count). The van der Waals surface area contributed by atoms with Crippen LogP contribution in [0.1, 0.15) is 16.8 Å². The summed E-state index contributed by atoms with van der Waals surface area (Å²) in [6.07, 6.45) is -0.275. The second kappa shape index (κ2) is 7.29. The minimum absolute atomic E-state index is 0.101. The third-order valence-electron chi connectivity index (χ3n) is 2.70. The van der Waals surface area contributed by atoms with Gasteiger partial charge in [-0.15, -0.1) is 0 Å². The molecule has 110 valence electrons. The van der Waals surface area contributed by atoms with Gasteiger partial charge in [-0.05, 0) is 30.3 Å². The van der Waals surface area contributed by atoms with Crippen LogP contribution in [-0.2, 0) is 4.79 Å². The average molecular weight is 312 g/mol. The highest BCUT2D eigenvalue weighted by molar-refractivity contribution is 7.99. The van der Waals surface area contributed by atoms with Crippen molar-refractivity contribution in [3.05, 3.63) is 54.1 Å². The molecule has 0 bridgehead atoms. The standard InChI is InChI=1S/C16H12N2O3S/c17-9-8-15(19)18-11-6-7-14(13(10-11)16(20)21)22-12-4-2-1-3-5-12/h1-7,10H,8H2,(H,18,19)(H,20,21). The minimum Gasteiger partial charge on any atom is -0.478 e. The van der Waals surface area contributed by atoms with Crippen LogP contribution >= 0.6 is 11.8 Å². The highest BCUT2D eigenvalue weighted by Crippen LogP contribution is 2.32. The Morgan fingerprint density at radius 2 is 1.91 bits per heavy atom. The number of carboxylic acids is 1. The van der Waals surface area contributed by atoms with Crippen molar-refractivity contribution in [1.29, 1.82) is 5.26 Å². The Morgan fingerprint density at radius 1 is 1.18 bits per heavy atom. The maximum Gasteiger partial charge on any atom is 0.336 e. The first kappa shape index (κ1) is 15.6. The number of carboxylic acid groups (broad SMARTS) is 1. The molecule has 0 saturated carbocycles. The van der Waals surface area contributed by atoms with Gasteiger partial charge in [-0.3, -0.25) is 4.79 Å². The van der Waals surface area contributed by atoms with Gasteiger partial charge in [-0.1, -0.05) is 30.0 Å². The monoisotopic (exact) mass is 312 g/mol. The zero-order valence-corrected chi connectivity index (χ0v) is 12.3. The molecule has 0 atom stereocenters. The molecule has 22 heavy (non-hydrogen) atoms. The first-order valence-electron chi connectivity index (χ1n) is 6.37. The van der Waals surface area contributed by atoms with Crippen LogP contribution in [0, 0.1) is 11.3 Å². The lowest BCUT2D eigenvalue weighted by molar-refractivity contribution is -0.115. The molecular weight excluding hydrogens is 300 g/mol. The van der Waals surface area contributed by atoms with Crippen molar-refractivity contribution in [2.75, 3.05) is 5.32 Å². The van der Waals surface area contributed by atoms with Crippen molar-refractivity contribution in [1.82, 2.24) is 0 Å². The number of benzene rings is 2. The Balaban J connectivity index is 2.26. The smallest absolute Gasteiger partial charge is 0.336 e. The number of amides is 1. The number of carbonyl (C=O) groups is 2. The van der Waals surface area contributed by atoms with Gasteiger partial charge in [0.05, 0.1) is 11.6 Å². The average Bonchev–Trinajstić information content (AvgIpc) is 2.50. The normalized spacial score (nSPS) is 9.77. The lowest BCUT2D eigenvalue weighted by Gasteiger charge is -2.09. The summed E-state index contributed by atoms with van der Waals surface area (Å²) in [5.74, 6) is -1.54. The fourth-order valence-corrected chi connectivity index (χ4v) is 2.70. The summed E-state index contributed by atoms with van der Waals surface area (Å²) in [6, 6.07) is 15.8. The topological polar surface area (TPSA) is 90.2 Å². The van der Waals surface area contributed by atoms with Crippen LogP contribution in [0.2, 0.25) is 0 Å². The summed E-state index contributed by atoms with van der Waals surface area (Å²) >= 11 is 1.33. The fourth-order valence-electron chi connectivity index (χ4n) is 1.76. The molecular formula is C16H12N2O3S. The van der Waals surface area contributed by atoms with E-state index in [-0.39, 0.29) is 12.0 Å². The molecule has 0 unspecified atom stereocenters. The number of hydrogen-bond acceptors (Lipinski definition) is 4. The van der Waals surface area contributed by atoms with Crippen LogP contribution in [0.4, 0.5) is 5.69 Å². The van der Waals surface area contributed by atoms with Crippen molar-refractivity contribution < 1.29 is 14.7 Å². The Hall–Kier alpha value is -2.78. The first-order valence-corrected chi connectivity index (χ1v) is 7.19. The molecule has 0 saturated heterocycles. The molecule has 0 aliphatic heterocycles. The number of rotatable bonds is 5. The molecule has 0 aliphatic carbocycles. The molecule has 2 N–H and O–H groups in total. The summed E-state index contributed by atoms with van der Waals surface area (Å²) in [4.78, 5) is 24.3. The van der Waals surface area contributed by atoms with Crippen LogP contribution in [0.5, 0.6) is 0 Å². The predicted molar refractivity (Wildman–Crippen MR) is 82.8 cm³/mol. The van der Waals surface area contributed by atoms with Gasteiger partial charge in [0, 0.05) is 15.5 Å². The van der Waals surface area contributed by atoms with E-state index in [1.54, 1.807) is 18.2 Å². The molecule has 0 aliphatic rings. The zero-order chi connectivity index (χ0) is 15.9. The number of nitriles is 1. The quantitative estimate of drug-likeness (QED) is 0.883. The maximum atomic E-state index is 11.4. The van der Waals surface area contributed by atoms with Crippen LogP contribution < -0.4 is 5.32 Å². The van der Waals surface area contributed by atoms with Gasteiger partial charge in [0.2, 0.25) is 5.91 Å². The van der Waals surface area contributed by atoms with E-state index in [1.807, 2.05) is 30.3 Å². The highest BCUT2D eigenvalue weighted by Gasteiger charge is 2.13. The lowest BCUT2D eigenvalue weighted by atomic mass is 10.2. The molecule has 0 heterocycles. The number of carbonyl (C=O) groups excluding carboxylic acids is 1. The Bertz CT molecular complexity index is 739. The molecule has 1 amide bonds. The molecule has 2 aromatic carbocycles. The summed E-state index contributed by atoms with van der Waals surface area (Å²) in [5, 5.41) is 20.3. The van der Waals surface area contributed by atoms with Crippen molar-refractivity contribution in [3.63, 3.8) is 0 Å². The molecule has 0 fully saturated rings. The van der Waals surface area contributed by atoms with E-state index < -0.39 is 11.9 Å². The lowest BCUT2D eigenvalue weighted by Crippen LogP contribution is -2.11. The molecule has 6 heteroatoms. The van der Waals surface area contributed by atoms with E-state index >= 15 is 0 Å². The largest absolute Gasteiger partial charge is 0.478 e. The van der Waals surface area contributed by atoms with Crippen molar-refractivity contribution in [3.8, 4) is 6.07 Å². The molecule has 5 nitrogen and oxygen atoms in total. The van der Waals surface area contributed by atoms with Gasteiger partial charge < -0.3 is 10.4 Å².